The van der Waals surface area contributed by atoms with E-state index < -0.39 is 11.6 Å². The lowest BCUT2D eigenvalue weighted by molar-refractivity contribution is 0.374. The van der Waals surface area contributed by atoms with Crippen LogP contribution in [0.15, 0.2) is 0 Å². The molecule has 0 bridgehead atoms. The van der Waals surface area contributed by atoms with Crippen molar-refractivity contribution in [3.8, 4) is 11.5 Å². The highest BCUT2D eigenvalue weighted by molar-refractivity contribution is 5.52. The first-order chi connectivity index (χ1) is 5.46. The lowest BCUT2D eigenvalue weighted by atomic mass is 10.0. The molecule has 0 aliphatic heterocycles. The van der Waals surface area contributed by atoms with Gasteiger partial charge in [0.15, 0.2) is 17.3 Å². The van der Waals surface area contributed by atoms with Gasteiger partial charge < -0.3 is 10.2 Å². The van der Waals surface area contributed by atoms with Crippen LogP contribution in [0.25, 0.3) is 0 Å². The summed E-state index contributed by atoms with van der Waals surface area (Å²) in [5.74, 6) is -1.76. The molecule has 2 N–H and O–H groups in total. The third-order valence-corrected chi connectivity index (χ3v) is 2.24. The van der Waals surface area contributed by atoms with Crippen molar-refractivity contribution in [3.05, 3.63) is 22.5 Å². The van der Waals surface area contributed by atoms with Crippen LogP contribution in [0, 0.1) is 26.6 Å². The summed E-state index contributed by atoms with van der Waals surface area (Å²) in [4.78, 5) is 0. The van der Waals surface area contributed by atoms with Gasteiger partial charge in [-0.05, 0) is 37.5 Å². The van der Waals surface area contributed by atoms with E-state index in [0.29, 0.717) is 16.7 Å². The predicted octanol–water partition coefficient (Wildman–Crippen LogP) is 2.16. The summed E-state index contributed by atoms with van der Waals surface area (Å²) in [6.07, 6.45) is 0. The molecule has 1 rings (SSSR count). The fourth-order valence-electron chi connectivity index (χ4n) is 1.08. The number of benzene rings is 1. The average Bonchev–Trinajstić information content (AvgIpc) is 2.08. The number of aromatic hydroxyl groups is 2. The molecular formula is C9H11FO2. The second kappa shape index (κ2) is 2.66. The van der Waals surface area contributed by atoms with Crippen LogP contribution < -0.4 is 0 Å². The minimum Gasteiger partial charge on any atom is -0.504 e. The number of hydrogen-bond acceptors (Lipinski definition) is 2. The molecule has 0 saturated heterocycles. The van der Waals surface area contributed by atoms with Gasteiger partial charge in [0, 0.05) is 0 Å². The molecule has 0 aromatic heterocycles. The van der Waals surface area contributed by atoms with Gasteiger partial charge in [-0.3, -0.25) is 0 Å². The van der Waals surface area contributed by atoms with E-state index in [1.807, 2.05) is 0 Å². The normalized spacial score (nSPS) is 10.3. The van der Waals surface area contributed by atoms with E-state index in [1.165, 1.54) is 0 Å². The molecule has 0 atom stereocenters. The molecule has 12 heavy (non-hydrogen) atoms. The molecular weight excluding hydrogens is 159 g/mol. The molecule has 0 amide bonds. The van der Waals surface area contributed by atoms with Gasteiger partial charge in [-0.1, -0.05) is 0 Å². The second-order valence-corrected chi connectivity index (χ2v) is 2.89. The molecule has 2 nitrogen and oxygen atoms in total. The maximum atomic E-state index is 13.0. The maximum absolute atomic E-state index is 13.0. The van der Waals surface area contributed by atoms with Crippen molar-refractivity contribution in [1.29, 1.82) is 0 Å². The van der Waals surface area contributed by atoms with Crippen LogP contribution in [0.3, 0.4) is 0 Å². The highest BCUT2D eigenvalue weighted by Crippen LogP contribution is 2.35. The Labute approximate surface area is 70.3 Å². The Morgan fingerprint density at radius 3 is 1.83 bits per heavy atom. The van der Waals surface area contributed by atoms with Crippen molar-refractivity contribution >= 4 is 0 Å². The molecule has 1 aromatic carbocycles. The number of rotatable bonds is 0. The zero-order valence-corrected chi connectivity index (χ0v) is 7.27. The Morgan fingerprint density at radius 1 is 0.833 bits per heavy atom. The summed E-state index contributed by atoms with van der Waals surface area (Å²) in [6, 6.07) is 0. The average molecular weight is 170 g/mol. The third kappa shape index (κ3) is 1.02. The minimum absolute atomic E-state index is 0.365. The third-order valence-electron chi connectivity index (χ3n) is 2.24. The van der Waals surface area contributed by atoms with Gasteiger partial charge in [-0.2, -0.15) is 0 Å². The highest BCUT2D eigenvalue weighted by atomic mass is 19.1. The van der Waals surface area contributed by atoms with Crippen LogP contribution in [0.1, 0.15) is 16.7 Å². The van der Waals surface area contributed by atoms with Crippen molar-refractivity contribution in [1.82, 2.24) is 0 Å². The molecule has 0 fully saturated rings. The Kier molecular flexibility index (Phi) is 1.96. The topological polar surface area (TPSA) is 40.5 Å². The van der Waals surface area contributed by atoms with E-state index >= 15 is 0 Å². The molecule has 0 aliphatic rings. The van der Waals surface area contributed by atoms with Crippen LogP contribution in [-0.4, -0.2) is 10.2 Å². The van der Waals surface area contributed by atoms with Crippen molar-refractivity contribution in [2.45, 2.75) is 20.8 Å². The quantitative estimate of drug-likeness (QED) is 0.586. The summed E-state index contributed by atoms with van der Waals surface area (Å²) < 4.78 is 13.0. The van der Waals surface area contributed by atoms with E-state index in [0.717, 1.165) is 0 Å². The van der Waals surface area contributed by atoms with Gasteiger partial charge in [0.25, 0.3) is 0 Å². The van der Waals surface area contributed by atoms with Gasteiger partial charge in [-0.15, -0.1) is 0 Å². The fourth-order valence-corrected chi connectivity index (χ4v) is 1.08. The van der Waals surface area contributed by atoms with Crippen LogP contribution in [0.2, 0.25) is 0 Å². The van der Waals surface area contributed by atoms with Crippen molar-refractivity contribution in [2.24, 2.45) is 0 Å². The molecule has 0 spiro atoms. The Morgan fingerprint density at radius 2 is 1.33 bits per heavy atom. The molecule has 0 radical (unpaired) electrons. The first kappa shape index (κ1) is 8.84. The monoisotopic (exact) mass is 170 g/mol. The van der Waals surface area contributed by atoms with E-state index in [1.54, 1.807) is 20.8 Å². The van der Waals surface area contributed by atoms with Crippen molar-refractivity contribution < 1.29 is 14.6 Å². The van der Waals surface area contributed by atoms with E-state index in [4.69, 9.17) is 5.11 Å². The second-order valence-electron chi connectivity index (χ2n) is 2.89. The molecule has 0 saturated carbocycles. The van der Waals surface area contributed by atoms with Crippen LogP contribution >= 0.6 is 0 Å². The van der Waals surface area contributed by atoms with Gasteiger partial charge in [0.1, 0.15) is 0 Å². The number of phenolic OH excluding ortho intramolecular Hbond substituents is 2. The van der Waals surface area contributed by atoms with Crippen molar-refractivity contribution in [3.63, 3.8) is 0 Å². The maximum Gasteiger partial charge on any atom is 0.194 e. The smallest absolute Gasteiger partial charge is 0.194 e. The summed E-state index contributed by atoms with van der Waals surface area (Å²) in [7, 11) is 0. The molecule has 0 heterocycles. The van der Waals surface area contributed by atoms with Gasteiger partial charge in [0.05, 0.1) is 0 Å². The molecule has 1 aromatic rings. The SMILES string of the molecule is Cc1c(C)c(O)c(O)c(F)c1C. The van der Waals surface area contributed by atoms with Gasteiger partial charge in [0.2, 0.25) is 0 Å². The van der Waals surface area contributed by atoms with E-state index in [2.05, 4.69) is 0 Å². The van der Waals surface area contributed by atoms with Crippen LogP contribution in [0.4, 0.5) is 4.39 Å². The fraction of sp³-hybridized carbons (Fsp3) is 0.333. The van der Waals surface area contributed by atoms with Crippen LogP contribution in [0.5, 0.6) is 11.5 Å². The number of hydrogen-bond donors (Lipinski definition) is 2. The highest BCUT2D eigenvalue weighted by Gasteiger charge is 2.15. The summed E-state index contributed by atoms with van der Waals surface area (Å²) in [5.41, 5.74) is 1.57. The van der Waals surface area contributed by atoms with E-state index in [9.17, 15) is 9.50 Å². The van der Waals surface area contributed by atoms with Crippen molar-refractivity contribution in [2.75, 3.05) is 0 Å². The first-order valence-electron chi connectivity index (χ1n) is 3.64. The predicted molar refractivity (Wildman–Crippen MR) is 43.9 cm³/mol. The Bertz CT molecular complexity index is 227. The largest absolute Gasteiger partial charge is 0.504 e. The Balaban J connectivity index is 3.60. The lowest BCUT2D eigenvalue weighted by Gasteiger charge is -2.09. The zero-order valence-electron chi connectivity index (χ0n) is 7.27. The minimum atomic E-state index is -0.740. The van der Waals surface area contributed by atoms with Crippen LogP contribution in [-0.2, 0) is 0 Å². The molecule has 0 aliphatic carbocycles. The van der Waals surface area contributed by atoms with E-state index in [-0.39, 0.29) is 5.75 Å². The lowest BCUT2D eigenvalue weighted by Crippen LogP contribution is -1.92. The molecule has 0 unspecified atom stereocenters. The summed E-state index contributed by atoms with van der Waals surface area (Å²) >= 11 is 0. The number of halogens is 1. The molecule has 3 heteroatoms. The number of phenols is 2. The van der Waals surface area contributed by atoms with Gasteiger partial charge >= 0.3 is 0 Å². The van der Waals surface area contributed by atoms with Gasteiger partial charge in [-0.25, -0.2) is 4.39 Å². The standard InChI is InChI=1S/C9H11FO2/c1-4-5(2)7(10)9(12)8(11)6(4)3/h11-12H,1-3H3. The zero-order chi connectivity index (χ0) is 9.46. The summed E-state index contributed by atoms with van der Waals surface area (Å²) in [5, 5.41) is 18.3. The summed E-state index contributed by atoms with van der Waals surface area (Å²) in [6.45, 7) is 4.90. The molecule has 66 valence electrons. The Hall–Kier alpha value is -1.25. The first-order valence-corrected chi connectivity index (χ1v) is 3.64.